The third-order valence-electron chi connectivity index (χ3n) is 5.48. The Morgan fingerprint density at radius 2 is 1.78 bits per heavy atom. The fraction of sp³-hybridized carbons (Fsp3) is 0.154. The summed E-state index contributed by atoms with van der Waals surface area (Å²) >= 11 is 5.98. The summed E-state index contributed by atoms with van der Waals surface area (Å²) in [5.74, 6) is -0.553. The predicted molar refractivity (Wildman–Crippen MR) is 128 cm³/mol. The molecule has 1 heterocycles. The lowest BCUT2D eigenvalue weighted by Crippen LogP contribution is -2.14. The average Bonchev–Trinajstić information content (AvgIpc) is 2.77. The van der Waals surface area contributed by atoms with Crippen LogP contribution in [0.15, 0.2) is 69.9 Å². The van der Waals surface area contributed by atoms with Gasteiger partial charge in [0, 0.05) is 27.4 Å². The van der Waals surface area contributed by atoms with Crippen LogP contribution in [0.25, 0.3) is 22.3 Å². The summed E-state index contributed by atoms with van der Waals surface area (Å²) in [6.45, 7) is 5.58. The fourth-order valence-corrected chi connectivity index (χ4v) is 4.06. The minimum atomic E-state index is -1.08. The lowest BCUT2D eigenvalue weighted by Gasteiger charge is -2.20. The number of benzene rings is 3. The summed E-state index contributed by atoms with van der Waals surface area (Å²) in [7, 11) is 0. The summed E-state index contributed by atoms with van der Waals surface area (Å²) in [6.07, 6.45) is 0. The highest BCUT2D eigenvalue weighted by Crippen LogP contribution is 2.33. The number of carboxylic acids is 1. The topological polar surface area (TPSA) is 79.5 Å². The van der Waals surface area contributed by atoms with Gasteiger partial charge in [0.25, 0.3) is 0 Å². The smallest absolute Gasteiger partial charge is 0.337 e. The average molecular weight is 448 g/mol. The molecule has 0 aliphatic rings. The molecule has 1 atom stereocenters. The molecular weight excluding hydrogens is 426 g/mol. The van der Waals surface area contributed by atoms with E-state index in [4.69, 9.17) is 16.0 Å². The predicted octanol–water partition coefficient (Wildman–Crippen LogP) is 6.60. The summed E-state index contributed by atoms with van der Waals surface area (Å²) in [6, 6.07) is 17.6. The monoisotopic (exact) mass is 447 g/mol. The van der Waals surface area contributed by atoms with Crippen molar-refractivity contribution in [1.29, 1.82) is 0 Å². The zero-order chi connectivity index (χ0) is 23.0. The normalized spacial score (nSPS) is 12.0. The van der Waals surface area contributed by atoms with E-state index in [-0.39, 0.29) is 17.0 Å². The number of anilines is 1. The van der Waals surface area contributed by atoms with E-state index in [0.29, 0.717) is 33.0 Å². The molecule has 4 rings (SSSR count). The van der Waals surface area contributed by atoms with Crippen LogP contribution in [-0.2, 0) is 0 Å². The van der Waals surface area contributed by atoms with E-state index in [2.05, 4.69) is 5.32 Å². The molecule has 2 N–H and O–H groups in total. The van der Waals surface area contributed by atoms with Gasteiger partial charge in [-0.1, -0.05) is 48.0 Å². The van der Waals surface area contributed by atoms with Gasteiger partial charge in [-0.05, 0) is 50.6 Å². The Labute approximate surface area is 190 Å². The molecule has 4 aromatic rings. The molecule has 0 aliphatic carbocycles. The van der Waals surface area contributed by atoms with Crippen LogP contribution < -0.4 is 10.7 Å². The van der Waals surface area contributed by atoms with Crippen molar-refractivity contribution >= 4 is 34.2 Å². The number of carboxylic acid groups (broad SMARTS) is 1. The molecule has 1 aromatic heterocycles. The molecule has 0 radical (unpaired) electrons. The van der Waals surface area contributed by atoms with Gasteiger partial charge < -0.3 is 14.8 Å². The van der Waals surface area contributed by atoms with Crippen molar-refractivity contribution in [2.24, 2.45) is 0 Å². The standard InChI is InChI=1S/C26H22ClNO4/c1-14-11-19(16(3)28-22-10-9-18(27)13-20(22)26(30)31)25-21(12-14)23(29)15(2)24(32-25)17-7-5-4-6-8-17/h4-13,16,28H,1-3H3,(H,30,31). The zero-order valence-corrected chi connectivity index (χ0v) is 18.7. The lowest BCUT2D eigenvalue weighted by molar-refractivity contribution is 0.0698. The second-order valence-corrected chi connectivity index (χ2v) is 8.28. The van der Waals surface area contributed by atoms with E-state index in [1.165, 1.54) is 6.07 Å². The quantitative estimate of drug-likeness (QED) is 0.360. The first-order valence-electron chi connectivity index (χ1n) is 10.2. The second-order valence-electron chi connectivity index (χ2n) is 7.84. The van der Waals surface area contributed by atoms with Crippen molar-refractivity contribution in [2.75, 3.05) is 5.32 Å². The van der Waals surface area contributed by atoms with Gasteiger partial charge in [0.05, 0.1) is 17.0 Å². The van der Waals surface area contributed by atoms with Crippen LogP contribution in [0.3, 0.4) is 0 Å². The number of hydrogen-bond donors (Lipinski definition) is 2. The van der Waals surface area contributed by atoms with E-state index >= 15 is 0 Å². The highest BCUT2D eigenvalue weighted by molar-refractivity contribution is 6.31. The fourth-order valence-electron chi connectivity index (χ4n) is 3.88. The van der Waals surface area contributed by atoms with Crippen molar-refractivity contribution < 1.29 is 14.3 Å². The van der Waals surface area contributed by atoms with Crippen LogP contribution in [-0.4, -0.2) is 11.1 Å². The van der Waals surface area contributed by atoms with E-state index in [1.807, 2.05) is 56.3 Å². The number of aromatic carboxylic acids is 1. The minimum Gasteiger partial charge on any atom is -0.478 e. The van der Waals surface area contributed by atoms with Crippen LogP contribution in [0, 0.1) is 13.8 Å². The van der Waals surface area contributed by atoms with Crippen LogP contribution in [0.1, 0.15) is 40.0 Å². The Bertz CT molecular complexity index is 1390. The van der Waals surface area contributed by atoms with Crippen LogP contribution in [0.2, 0.25) is 5.02 Å². The summed E-state index contributed by atoms with van der Waals surface area (Å²) in [4.78, 5) is 24.9. The maximum Gasteiger partial charge on any atom is 0.337 e. The molecule has 162 valence electrons. The van der Waals surface area contributed by atoms with E-state index in [0.717, 1.165) is 16.7 Å². The van der Waals surface area contributed by atoms with Gasteiger partial charge in [-0.15, -0.1) is 0 Å². The van der Waals surface area contributed by atoms with Crippen LogP contribution in [0.5, 0.6) is 0 Å². The molecule has 0 aliphatic heterocycles. The molecule has 32 heavy (non-hydrogen) atoms. The molecule has 3 aromatic carbocycles. The molecule has 1 unspecified atom stereocenters. The molecule has 0 fully saturated rings. The number of fused-ring (bicyclic) bond motifs is 1. The zero-order valence-electron chi connectivity index (χ0n) is 17.9. The molecule has 0 saturated carbocycles. The number of hydrogen-bond acceptors (Lipinski definition) is 4. The maximum absolute atomic E-state index is 13.2. The summed E-state index contributed by atoms with van der Waals surface area (Å²) in [5, 5.41) is 13.7. The van der Waals surface area contributed by atoms with Crippen molar-refractivity contribution in [1.82, 2.24) is 0 Å². The van der Waals surface area contributed by atoms with Gasteiger partial charge in [-0.25, -0.2) is 4.79 Å². The van der Waals surface area contributed by atoms with Crippen molar-refractivity contribution in [3.8, 4) is 11.3 Å². The van der Waals surface area contributed by atoms with Gasteiger partial charge in [0.2, 0.25) is 0 Å². The van der Waals surface area contributed by atoms with E-state index in [9.17, 15) is 14.7 Å². The highest BCUT2D eigenvalue weighted by Gasteiger charge is 2.20. The third-order valence-corrected chi connectivity index (χ3v) is 5.71. The first kappa shape index (κ1) is 21.7. The molecule has 0 bridgehead atoms. The maximum atomic E-state index is 13.2. The molecule has 0 saturated heterocycles. The van der Waals surface area contributed by atoms with Crippen molar-refractivity contribution in [2.45, 2.75) is 26.8 Å². The van der Waals surface area contributed by atoms with Crippen LogP contribution in [0.4, 0.5) is 5.69 Å². The highest BCUT2D eigenvalue weighted by atomic mass is 35.5. The molecular formula is C26H22ClNO4. The Morgan fingerprint density at radius 3 is 2.47 bits per heavy atom. The third kappa shape index (κ3) is 3.99. The Hall–Kier alpha value is -3.57. The van der Waals surface area contributed by atoms with Crippen molar-refractivity contribution in [3.63, 3.8) is 0 Å². The number of nitrogens with one attached hydrogen (secondary N) is 1. The van der Waals surface area contributed by atoms with E-state index < -0.39 is 5.97 Å². The van der Waals surface area contributed by atoms with Gasteiger partial charge in [-0.3, -0.25) is 4.79 Å². The molecule has 0 amide bonds. The Morgan fingerprint density at radius 1 is 1.06 bits per heavy atom. The minimum absolute atomic E-state index is 0.0728. The Balaban J connectivity index is 1.88. The van der Waals surface area contributed by atoms with Gasteiger partial charge in [-0.2, -0.15) is 0 Å². The first-order valence-corrected chi connectivity index (χ1v) is 10.6. The number of aryl methyl sites for hydroxylation is 1. The number of halogens is 1. The number of carbonyl (C=O) groups is 1. The Kier molecular flexibility index (Phi) is 5.76. The van der Waals surface area contributed by atoms with E-state index in [1.54, 1.807) is 19.1 Å². The molecule has 0 spiro atoms. The summed E-state index contributed by atoms with van der Waals surface area (Å²) in [5.41, 5.74) is 3.95. The number of rotatable bonds is 5. The van der Waals surface area contributed by atoms with Gasteiger partial charge in [0.15, 0.2) is 5.43 Å². The van der Waals surface area contributed by atoms with Gasteiger partial charge in [0.1, 0.15) is 11.3 Å². The largest absolute Gasteiger partial charge is 0.478 e. The SMILES string of the molecule is Cc1cc(C(C)Nc2ccc(Cl)cc2C(=O)O)c2oc(-c3ccccc3)c(C)c(=O)c2c1. The second kappa shape index (κ2) is 8.52. The first-order chi connectivity index (χ1) is 15.3. The van der Waals surface area contributed by atoms with Crippen molar-refractivity contribution in [3.05, 3.63) is 98.2 Å². The molecule has 5 nitrogen and oxygen atoms in total. The summed E-state index contributed by atoms with van der Waals surface area (Å²) < 4.78 is 6.32. The lowest BCUT2D eigenvalue weighted by atomic mass is 9.98. The molecule has 6 heteroatoms. The van der Waals surface area contributed by atoms with Crippen LogP contribution >= 0.6 is 11.6 Å². The van der Waals surface area contributed by atoms with Gasteiger partial charge >= 0.3 is 5.97 Å².